The van der Waals surface area contributed by atoms with Gasteiger partial charge >= 0.3 is 11.7 Å². The summed E-state index contributed by atoms with van der Waals surface area (Å²) in [5, 5.41) is 24.5. The Bertz CT molecular complexity index is 1850. The molecule has 3 aromatic carbocycles. The van der Waals surface area contributed by atoms with E-state index in [2.05, 4.69) is 5.32 Å². The molecule has 0 radical (unpaired) electrons. The topological polar surface area (TPSA) is 189 Å². The van der Waals surface area contributed by atoms with E-state index in [0.717, 1.165) is 5.56 Å². The first kappa shape index (κ1) is 32.3. The van der Waals surface area contributed by atoms with Gasteiger partial charge in [-0.05, 0) is 75.7 Å². The van der Waals surface area contributed by atoms with Crippen LogP contribution < -0.4 is 26.1 Å². The molecule has 1 aromatic heterocycles. The molecule has 5 N–H and O–H groups in total. The molecule has 0 spiro atoms. The van der Waals surface area contributed by atoms with Crippen molar-refractivity contribution in [3.63, 3.8) is 0 Å². The third-order valence-corrected chi connectivity index (χ3v) is 7.58. The molecule has 0 saturated carbocycles. The maximum atomic E-state index is 13.1. The normalized spacial score (nSPS) is 20.6. The highest BCUT2D eigenvalue weighted by molar-refractivity contribution is 6.06. The number of amides is 2. The third-order valence-electron chi connectivity index (χ3n) is 7.58. The molecule has 4 atom stereocenters. The number of carbonyl (C=O) groups excluding carboxylic acids is 2. The van der Waals surface area contributed by atoms with Gasteiger partial charge in [-0.3, -0.25) is 4.79 Å². The summed E-state index contributed by atoms with van der Waals surface area (Å²) in [4.78, 5) is 37.7. The standard InChI is InChI=1S/C33H34N2O11/c1-16-8-6-10-19(14-16)42-20-11-7-9-18(15-20)29(38)35-23-24(36)21-12-13-22(17(2)26(21)44-30(23)39)43-31-25(37)27(45-32(34)40)28(41-5)33(3,4)46-31/h6-15,25,27-28,31,36-37H,1-5H3,(H2,34,40)(H,35,38)/t25-,27+,28-,31-/m1/s1. The van der Waals surface area contributed by atoms with E-state index in [9.17, 15) is 24.6 Å². The van der Waals surface area contributed by atoms with Crippen molar-refractivity contribution in [3.05, 3.63) is 87.8 Å². The Morgan fingerprint density at radius 3 is 2.39 bits per heavy atom. The average Bonchev–Trinajstić information content (AvgIpc) is 2.99. The van der Waals surface area contributed by atoms with Crippen LogP contribution in [0, 0.1) is 13.8 Å². The average molecular weight is 635 g/mol. The van der Waals surface area contributed by atoms with Gasteiger partial charge < -0.3 is 49.4 Å². The Morgan fingerprint density at radius 1 is 1.02 bits per heavy atom. The molecule has 2 amide bonds. The number of rotatable bonds is 8. The summed E-state index contributed by atoms with van der Waals surface area (Å²) >= 11 is 0. The number of ether oxygens (including phenoxy) is 5. The van der Waals surface area contributed by atoms with Gasteiger partial charge in [-0.2, -0.15) is 0 Å². The van der Waals surface area contributed by atoms with Gasteiger partial charge in [0.25, 0.3) is 5.91 Å². The number of methoxy groups -OCH3 is 1. The molecule has 5 rings (SSSR count). The zero-order valence-electron chi connectivity index (χ0n) is 25.7. The van der Waals surface area contributed by atoms with Crippen LogP contribution in [0.4, 0.5) is 10.5 Å². The molecular formula is C33H34N2O11. The van der Waals surface area contributed by atoms with Crippen molar-refractivity contribution >= 4 is 28.7 Å². The van der Waals surface area contributed by atoms with Gasteiger partial charge in [0.15, 0.2) is 23.6 Å². The SMILES string of the molecule is CO[C@@H]1[C@@H](OC(N)=O)[C@@H](O)[C@H](Oc2ccc3c(O)c(NC(=O)c4cccc(Oc5cccc(C)c5)c4)c(=O)oc3c2C)OC1(C)C. The van der Waals surface area contributed by atoms with Gasteiger partial charge in [-0.15, -0.1) is 0 Å². The van der Waals surface area contributed by atoms with E-state index in [4.69, 9.17) is 33.8 Å². The van der Waals surface area contributed by atoms with Gasteiger partial charge in [0.1, 0.15) is 28.9 Å². The number of primary amides is 1. The number of aliphatic hydroxyl groups is 1. The number of fused-ring (bicyclic) bond motifs is 1. The molecule has 46 heavy (non-hydrogen) atoms. The van der Waals surface area contributed by atoms with Crippen LogP contribution in [0.3, 0.4) is 0 Å². The van der Waals surface area contributed by atoms with Crippen molar-refractivity contribution in [1.29, 1.82) is 0 Å². The van der Waals surface area contributed by atoms with Gasteiger partial charge in [0.05, 0.1) is 11.0 Å². The first-order valence-electron chi connectivity index (χ1n) is 14.3. The number of nitrogens with one attached hydrogen (secondary N) is 1. The third kappa shape index (κ3) is 6.47. The number of carbonyl (C=O) groups is 2. The lowest BCUT2D eigenvalue weighted by molar-refractivity contribution is -0.304. The summed E-state index contributed by atoms with van der Waals surface area (Å²) < 4.78 is 33.8. The number of aliphatic hydroxyl groups excluding tert-OH is 1. The molecule has 1 fully saturated rings. The van der Waals surface area contributed by atoms with Crippen LogP contribution >= 0.6 is 0 Å². The van der Waals surface area contributed by atoms with E-state index >= 15 is 0 Å². The number of nitrogens with two attached hydrogens (primary N) is 1. The predicted molar refractivity (Wildman–Crippen MR) is 165 cm³/mol. The van der Waals surface area contributed by atoms with Gasteiger partial charge in [0, 0.05) is 18.2 Å². The Labute approximate surface area is 263 Å². The van der Waals surface area contributed by atoms with Crippen LogP contribution in [0.25, 0.3) is 11.0 Å². The molecule has 0 unspecified atom stereocenters. The van der Waals surface area contributed by atoms with Crippen molar-refractivity contribution in [2.45, 2.75) is 57.9 Å². The molecule has 13 nitrogen and oxygen atoms in total. The van der Waals surface area contributed by atoms with Gasteiger partial charge in [0.2, 0.25) is 6.29 Å². The summed E-state index contributed by atoms with van der Waals surface area (Å²) in [5.41, 5.74) is 4.07. The minimum atomic E-state index is -1.51. The summed E-state index contributed by atoms with van der Waals surface area (Å²) in [7, 11) is 1.37. The highest BCUT2D eigenvalue weighted by Crippen LogP contribution is 2.38. The summed E-state index contributed by atoms with van der Waals surface area (Å²) in [6.45, 7) is 6.82. The molecule has 1 aliphatic rings. The second-order valence-electron chi connectivity index (χ2n) is 11.3. The van der Waals surface area contributed by atoms with Crippen LogP contribution in [0.1, 0.15) is 35.3 Å². The predicted octanol–water partition coefficient (Wildman–Crippen LogP) is 4.51. The van der Waals surface area contributed by atoms with Crippen molar-refractivity contribution in [1.82, 2.24) is 0 Å². The van der Waals surface area contributed by atoms with Crippen LogP contribution in [0.5, 0.6) is 23.0 Å². The van der Waals surface area contributed by atoms with Gasteiger partial charge in [-0.25, -0.2) is 9.59 Å². The Hall–Kier alpha value is -5.11. The number of benzene rings is 3. The Kier molecular flexibility index (Phi) is 8.92. The fourth-order valence-electron chi connectivity index (χ4n) is 5.37. The maximum absolute atomic E-state index is 13.1. The fourth-order valence-corrected chi connectivity index (χ4v) is 5.37. The van der Waals surface area contributed by atoms with Crippen molar-refractivity contribution in [2.75, 3.05) is 12.4 Å². The van der Waals surface area contributed by atoms with Crippen molar-refractivity contribution in [3.8, 4) is 23.0 Å². The largest absolute Gasteiger partial charge is 0.505 e. The zero-order valence-corrected chi connectivity index (χ0v) is 25.7. The van der Waals surface area contributed by atoms with E-state index in [0.29, 0.717) is 11.5 Å². The van der Waals surface area contributed by atoms with Crippen LogP contribution in [-0.2, 0) is 14.2 Å². The molecule has 13 heteroatoms. The summed E-state index contributed by atoms with van der Waals surface area (Å²) in [6, 6.07) is 16.6. The van der Waals surface area contributed by atoms with E-state index in [-0.39, 0.29) is 27.8 Å². The number of aryl methyl sites for hydroxylation is 2. The fraction of sp³-hybridized carbons (Fsp3) is 0.303. The molecule has 242 valence electrons. The van der Waals surface area contributed by atoms with Crippen LogP contribution in [0.15, 0.2) is 69.9 Å². The van der Waals surface area contributed by atoms with E-state index in [1.807, 2.05) is 25.1 Å². The first-order valence-corrected chi connectivity index (χ1v) is 14.3. The first-order chi connectivity index (χ1) is 21.8. The molecule has 0 bridgehead atoms. The van der Waals surface area contributed by atoms with Gasteiger partial charge in [-0.1, -0.05) is 18.2 Å². The molecule has 4 aromatic rings. The highest BCUT2D eigenvalue weighted by Gasteiger charge is 2.53. The molecule has 1 saturated heterocycles. The van der Waals surface area contributed by atoms with E-state index in [1.165, 1.54) is 31.4 Å². The lowest BCUT2D eigenvalue weighted by Crippen LogP contribution is -2.65. The molecule has 0 aliphatic carbocycles. The van der Waals surface area contributed by atoms with E-state index in [1.54, 1.807) is 39.0 Å². The number of anilines is 1. The molecular weight excluding hydrogens is 600 g/mol. The number of hydrogen-bond acceptors (Lipinski definition) is 11. The minimum absolute atomic E-state index is 0.0317. The Morgan fingerprint density at radius 2 is 1.72 bits per heavy atom. The minimum Gasteiger partial charge on any atom is -0.505 e. The smallest absolute Gasteiger partial charge is 0.404 e. The zero-order chi connectivity index (χ0) is 33.3. The number of aromatic hydroxyl groups is 1. The lowest BCUT2D eigenvalue weighted by atomic mass is 9.89. The summed E-state index contributed by atoms with van der Waals surface area (Å²) in [6.07, 6.45) is -6.09. The van der Waals surface area contributed by atoms with E-state index < -0.39 is 59.3 Å². The monoisotopic (exact) mass is 634 g/mol. The quantitative estimate of drug-likeness (QED) is 0.200. The molecule has 2 heterocycles. The second kappa shape index (κ2) is 12.7. The highest BCUT2D eigenvalue weighted by atomic mass is 16.7. The molecule has 1 aliphatic heterocycles. The van der Waals surface area contributed by atoms with Crippen LogP contribution in [0.2, 0.25) is 0 Å². The van der Waals surface area contributed by atoms with Crippen molar-refractivity contribution < 1.29 is 47.9 Å². The second-order valence-corrected chi connectivity index (χ2v) is 11.3. The Balaban J connectivity index is 1.39. The maximum Gasteiger partial charge on any atom is 0.404 e. The number of hydrogen-bond donors (Lipinski definition) is 4. The summed E-state index contributed by atoms with van der Waals surface area (Å²) in [5.74, 6) is -0.0751. The lowest BCUT2D eigenvalue weighted by Gasteiger charge is -2.47. The van der Waals surface area contributed by atoms with Crippen LogP contribution in [-0.4, -0.2) is 59.5 Å². The van der Waals surface area contributed by atoms with Crippen molar-refractivity contribution in [2.24, 2.45) is 5.73 Å².